The zero-order chi connectivity index (χ0) is 12.4. The smallest absolute Gasteiger partial charge is 0.307 e. The number of benzene rings is 1. The van der Waals surface area contributed by atoms with Gasteiger partial charge in [-0.3, -0.25) is 9.59 Å². The van der Waals surface area contributed by atoms with E-state index in [9.17, 15) is 14.0 Å². The lowest BCUT2D eigenvalue weighted by Gasteiger charge is -2.14. The molecule has 4 heteroatoms. The van der Waals surface area contributed by atoms with Gasteiger partial charge < -0.3 is 5.11 Å². The summed E-state index contributed by atoms with van der Waals surface area (Å²) >= 11 is 0. The van der Waals surface area contributed by atoms with Crippen LogP contribution >= 0.6 is 0 Å². The third kappa shape index (κ3) is 2.35. The lowest BCUT2D eigenvalue weighted by molar-refractivity contribution is -0.142. The minimum absolute atomic E-state index is 0.185. The van der Waals surface area contributed by atoms with E-state index in [1.807, 2.05) is 0 Å². The Balaban J connectivity index is 2.19. The number of ketones is 1. The molecule has 1 N–H and O–H groups in total. The number of hydrogen-bond donors (Lipinski definition) is 1. The third-order valence-electron chi connectivity index (χ3n) is 3.30. The molecular weight excluding hydrogens is 223 g/mol. The predicted molar refractivity (Wildman–Crippen MR) is 59.2 cm³/mol. The SMILES string of the molecule is O=C(c1ccc(F)cc1)[C@H]1CCC[C@H]1C(=O)O. The van der Waals surface area contributed by atoms with Gasteiger partial charge in [0.15, 0.2) is 5.78 Å². The molecule has 1 aromatic rings. The summed E-state index contributed by atoms with van der Waals surface area (Å²) in [5.74, 6) is -2.55. The second-order valence-electron chi connectivity index (χ2n) is 4.35. The minimum Gasteiger partial charge on any atom is -0.481 e. The zero-order valence-corrected chi connectivity index (χ0v) is 9.23. The summed E-state index contributed by atoms with van der Waals surface area (Å²) in [5, 5.41) is 9.01. The Morgan fingerprint density at radius 3 is 2.29 bits per heavy atom. The highest BCUT2D eigenvalue weighted by Gasteiger charge is 2.37. The molecule has 0 spiro atoms. The van der Waals surface area contributed by atoms with Crippen LogP contribution in [0.5, 0.6) is 0 Å². The van der Waals surface area contributed by atoms with Gasteiger partial charge in [-0.15, -0.1) is 0 Å². The molecule has 2 atom stereocenters. The highest BCUT2D eigenvalue weighted by molar-refractivity contribution is 6.00. The van der Waals surface area contributed by atoms with E-state index >= 15 is 0 Å². The van der Waals surface area contributed by atoms with Crippen LogP contribution in [0, 0.1) is 17.7 Å². The van der Waals surface area contributed by atoms with Gasteiger partial charge in [0.1, 0.15) is 5.82 Å². The van der Waals surface area contributed by atoms with Crippen LogP contribution in [-0.4, -0.2) is 16.9 Å². The summed E-state index contributed by atoms with van der Waals surface area (Å²) < 4.78 is 12.7. The van der Waals surface area contributed by atoms with E-state index in [0.29, 0.717) is 18.4 Å². The topological polar surface area (TPSA) is 54.4 Å². The summed E-state index contributed by atoms with van der Waals surface area (Å²) in [6, 6.07) is 5.26. The summed E-state index contributed by atoms with van der Waals surface area (Å²) in [4.78, 5) is 23.1. The van der Waals surface area contributed by atoms with Crippen molar-refractivity contribution in [3.63, 3.8) is 0 Å². The van der Waals surface area contributed by atoms with Gasteiger partial charge >= 0.3 is 5.97 Å². The first kappa shape index (κ1) is 11.8. The van der Waals surface area contributed by atoms with Crippen LogP contribution in [0.4, 0.5) is 4.39 Å². The Hall–Kier alpha value is -1.71. The fourth-order valence-corrected chi connectivity index (χ4v) is 2.40. The summed E-state index contributed by atoms with van der Waals surface area (Å²) in [6.45, 7) is 0. The van der Waals surface area contributed by atoms with E-state index in [4.69, 9.17) is 5.11 Å². The standard InChI is InChI=1S/C13H13FO3/c14-9-6-4-8(5-7-9)12(15)10-2-1-3-11(10)13(16)17/h4-7,10-11H,1-3H2,(H,16,17)/t10-,11+/m0/s1. The van der Waals surface area contributed by atoms with Crippen molar-refractivity contribution in [2.45, 2.75) is 19.3 Å². The molecule has 1 aliphatic rings. The Bertz CT molecular complexity index is 438. The molecule has 1 aliphatic carbocycles. The van der Waals surface area contributed by atoms with Gasteiger partial charge in [0.05, 0.1) is 5.92 Å². The van der Waals surface area contributed by atoms with Crippen molar-refractivity contribution in [2.75, 3.05) is 0 Å². The number of hydrogen-bond acceptors (Lipinski definition) is 2. The lowest BCUT2D eigenvalue weighted by Crippen LogP contribution is -2.25. The lowest BCUT2D eigenvalue weighted by atomic mass is 9.88. The minimum atomic E-state index is -0.914. The number of carboxylic acid groups (broad SMARTS) is 1. The molecule has 17 heavy (non-hydrogen) atoms. The Labute approximate surface area is 98.3 Å². The van der Waals surface area contributed by atoms with Gasteiger partial charge in [-0.05, 0) is 37.1 Å². The maximum atomic E-state index is 12.7. The number of Topliss-reactive ketones (excluding diaryl/α,β-unsaturated/α-hetero) is 1. The number of rotatable bonds is 3. The fourth-order valence-electron chi connectivity index (χ4n) is 2.40. The van der Waals surface area contributed by atoms with E-state index in [0.717, 1.165) is 6.42 Å². The average Bonchev–Trinajstić information content (AvgIpc) is 2.78. The number of carbonyl (C=O) groups is 2. The first-order valence-corrected chi connectivity index (χ1v) is 5.62. The molecule has 2 rings (SSSR count). The molecule has 0 aromatic heterocycles. The van der Waals surface area contributed by atoms with Crippen molar-refractivity contribution in [1.29, 1.82) is 0 Å². The average molecular weight is 236 g/mol. The molecule has 1 fully saturated rings. The van der Waals surface area contributed by atoms with Crippen LogP contribution in [0.15, 0.2) is 24.3 Å². The van der Waals surface area contributed by atoms with Crippen molar-refractivity contribution in [2.24, 2.45) is 11.8 Å². The molecule has 0 aliphatic heterocycles. The van der Waals surface area contributed by atoms with Crippen molar-refractivity contribution in [3.8, 4) is 0 Å². The van der Waals surface area contributed by atoms with Gasteiger partial charge in [-0.1, -0.05) is 6.42 Å². The normalized spacial score (nSPS) is 23.6. The number of carbonyl (C=O) groups excluding carboxylic acids is 1. The Morgan fingerprint density at radius 1 is 1.12 bits per heavy atom. The molecule has 1 aromatic carbocycles. The second kappa shape index (κ2) is 4.65. The van der Waals surface area contributed by atoms with E-state index in [1.165, 1.54) is 24.3 Å². The van der Waals surface area contributed by atoms with Gasteiger partial charge in [0, 0.05) is 11.5 Å². The van der Waals surface area contributed by atoms with Crippen LogP contribution in [-0.2, 0) is 4.79 Å². The Morgan fingerprint density at radius 2 is 1.71 bits per heavy atom. The van der Waals surface area contributed by atoms with Crippen LogP contribution in [0.3, 0.4) is 0 Å². The molecule has 1 saturated carbocycles. The van der Waals surface area contributed by atoms with E-state index in [1.54, 1.807) is 0 Å². The van der Waals surface area contributed by atoms with Gasteiger partial charge in [-0.2, -0.15) is 0 Å². The van der Waals surface area contributed by atoms with Crippen molar-refractivity contribution in [3.05, 3.63) is 35.6 Å². The molecule has 0 heterocycles. The zero-order valence-electron chi connectivity index (χ0n) is 9.23. The summed E-state index contributed by atoms with van der Waals surface area (Å²) in [7, 11) is 0. The first-order valence-electron chi connectivity index (χ1n) is 5.62. The number of aliphatic carboxylic acids is 1. The molecule has 0 radical (unpaired) electrons. The maximum absolute atomic E-state index is 12.7. The largest absolute Gasteiger partial charge is 0.481 e. The number of halogens is 1. The quantitative estimate of drug-likeness (QED) is 0.820. The summed E-state index contributed by atoms with van der Waals surface area (Å²) in [5.41, 5.74) is 0.393. The van der Waals surface area contributed by atoms with Crippen LogP contribution in [0.2, 0.25) is 0 Å². The molecule has 0 amide bonds. The van der Waals surface area contributed by atoms with E-state index in [-0.39, 0.29) is 5.78 Å². The highest BCUT2D eigenvalue weighted by Crippen LogP contribution is 2.34. The molecular formula is C13H13FO3. The van der Waals surface area contributed by atoms with Crippen molar-refractivity contribution < 1.29 is 19.1 Å². The number of carboxylic acids is 1. The molecule has 0 saturated heterocycles. The molecule has 3 nitrogen and oxygen atoms in total. The van der Waals surface area contributed by atoms with Crippen LogP contribution < -0.4 is 0 Å². The van der Waals surface area contributed by atoms with Crippen LogP contribution in [0.25, 0.3) is 0 Å². The second-order valence-corrected chi connectivity index (χ2v) is 4.35. The van der Waals surface area contributed by atoms with Gasteiger partial charge in [0.2, 0.25) is 0 Å². The summed E-state index contributed by atoms with van der Waals surface area (Å²) in [6.07, 6.45) is 1.91. The van der Waals surface area contributed by atoms with Crippen molar-refractivity contribution >= 4 is 11.8 Å². The van der Waals surface area contributed by atoms with E-state index < -0.39 is 23.6 Å². The first-order chi connectivity index (χ1) is 8.09. The third-order valence-corrected chi connectivity index (χ3v) is 3.30. The molecule has 0 bridgehead atoms. The highest BCUT2D eigenvalue weighted by atomic mass is 19.1. The predicted octanol–water partition coefficient (Wildman–Crippen LogP) is 2.51. The molecule has 0 unspecified atom stereocenters. The molecule has 90 valence electrons. The Kier molecular flexibility index (Phi) is 3.22. The van der Waals surface area contributed by atoms with Gasteiger partial charge in [-0.25, -0.2) is 4.39 Å². The fraction of sp³-hybridized carbons (Fsp3) is 0.385. The van der Waals surface area contributed by atoms with Crippen LogP contribution in [0.1, 0.15) is 29.6 Å². The van der Waals surface area contributed by atoms with E-state index in [2.05, 4.69) is 0 Å². The van der Waals surface area contributed by atoms with Gasteiger partial charge in [0.25, 0.3) is 0 Å². The monoisotopic (exact) mass is 236 g/mol. The maximum Gasteiger partial charge on any atom is 0.307 e. The van der Waals surface area contributed by atoms with Crippen molar-refractivity contribution in [1.82, 2.24) is 0 Å².